The maximum absolute atomic E-state index is 13.4. The van der Waals surface area contributed by atoms with Gasteiger partial charge in [0.1, 0.15) is 17.2 Å². The summed E-state index contributed by atoms with van der Waals surface area (Å²) in [6.45, 7) is 2.38. The largest absolute Gasteiger partial charge is 0.503 e. The molecule has 1 heterocycles. The van der Waals surface area contributed by atoms with Crippen LogP contribution in [-0.4, -0.2) is 37.6 Å². The first-order valence-electron chi connectivity index (χ1n) is 11.5. The predicted molar refractivity (Wildman–Crippen MR) is 138 cm³/mol. The van der Waals surface area contributed by atoms with Gasteiger partial charge in [0.25, 0.3) is 5.91 Å². The Kier molecular flexibility index (Phi) is 7.39. The normalized spacial score (nSPS) is 15.5. The second-order valence-corrected chi connectivity index (χ2v) is 7.98. The van der Waals surface area contributed by atoms with E-state index < -0.39 is 23.5 Å². The van der Waals surface area contributed by atoms with Crippen LogP contribution in [0.4, 0.5) is 5.69 Å². The Morgan fingerprint density at radius 1 is 0.972 bits per heavy atom. The van der Waals surface area contributed by atoms with Crippen LogP contribution < -0.4 is 19.1 Å². The van der Waals surface area contributed by atoms with E-state index in [1.165, 1.54) is 25.2 Å². The summed E-state index contributed by atoms with van der Waals surface area (Å²) in [6, 6.07) is 20.4. The van der Waals surface area contributed by atoms with Crippen LogP contribution in [0.15, 0.2) is 90.2 Å². The average Bonchev–Trinajstić information content (AvgIpc) is 3.18. The van der Waals surface area contributed by atoms with E-state index in [0.717, 1.165) is 5.56 Å². The number of ether oxygens (including phenoxy) is 3. The van der Waals surface area contributed by atoms with E-state index in [-0.39, 0.29) is 5.57 Å². The number of carbonyl (C=O) groups excluding carboxylic acids is 2. The number of aliphatic hydroxyl groups is 1. The molecule has 1 unspecified atom stereocenters. The van der Waals surface area contributed by atoms with Gasteiger partial charge in [-0.3, -0.25) is 14.5 Å². The second kappa shape index (κ2) is 10.8. The molecule has 7 heteroatoms. The molecule has 184 valence electrons. The van der Waals surface area contributed by atoms with Gasteiger partial charge in [-0.05, 0) is 55.0 Å². The van der Waals surface area contributed by atoms with Crippen molar-refractivity contribution < 1.29 is 28.9 Å². The lowest BCUT2D eigenvalue weighted by Gasteiger charge is -2.28. The molecule has 4 rings (SSSR count). The molecule has 1 aliphatic rings. The fourth-order valence-electron chi connectivity index (χ4n) is 4.16. The van der Waals surface area contributed by atoms with Crippen LogP contribution in [-0.2, 0) is 9.59 Å². The molecular weight excluding hydrogens is 458 g/mol. The van der Waals surface area contributed by atoms with E-state index >= 15 is 0 Å². The van der Waals surface area contributed by atoms with Gasteiger partial charge in [0.2, 0.25) is 0 Å². The zero-order valence-electron chi connectivity index (χ0n) is 20.3. The molecule has 0 aromatic heterocycles. The van der Waals surface area contributed by atoms with Crippen LogP contribution >= 0.6 is 0 Å². The van der Waals surface area contributed by atoms with Crippen molar-refractivity contribution in [2.45, 2.75) is 13.0 Å². The molecule has 36 heavy (non-hydrogen) atoms. The van der Waals surface area contributed by atoms with Crippen molar-refractivity contribution in [1.82, 2.24) is 0 Å². The number of ketones is 1. The highest BCUT2D eigenvalue weighted by molar-refractivity contribution is 6.20. The van der Waals surface area contributed by atoms with Crippen molar-refractivity contribution in [3.63, 3.8) is 0 Å². The highest BCUT2D eigenvalue weighted by Crippen LogP contribution is 2.45. The van der Waals surface area contributed by atoms with Crippen molar-refractivity contribution in [2.24, 2.45) is 0 Å². The van der Waals surface area contributed by atoms with Gasteiger partial charge in [-0.25, -0.2) is 0 Å². The Morgan fingerprint density at radius 3 is 2.31 bits per heavy atom. The van der Waals surface area contributed by atoms with Crippen LogP contribution in [0.3, 0.4) is 0 Å². The van der Waals surface area contributed by atoms with Crippen LogP contribution in [0.25, 0.3) is 6.08 Å². The third-order valence-corrected chi connectivity index (χ3v) is 5.86. The minimum atomic E-state index is -0.927. The van der Waals surface area contributed by atoms with Crippen LogP contribution in [0.2, 0.25) is 0 Å². The molecule has 0 spiro atoms. The molecular formula is C29H27NO6. The molecule has 3 aromatic rings. The maximum atomic E-state index is 13.4. The number of amides is 1. The number of hydrogen-bond acceptors (Lipinski definition) is 6. The van der Waals surface area contributed by atoms with Gasteiger partial charge in [-0.15, -0.1) is 0 Å². The van der Waals surface area contributed by atoms with E-state index in [1.807, 2.05) is 37.3 Å². The summed E-state index contributed by atoms with van der Waals surface area (Å²) in [4.78, 5) is 28.2. The van der Waals surface area contributed by atoms with Gasteiger partial charge in [0.05, 0.1) is 32.4 Å². The van der Waals surface area contributed by atoms with E-state index in [1.54, 1.807) is 48.5 Å². The Morgan fingerprint density at radius 2 is 1.67 bits per heavy atom. The van der Waals surface area contributed by atoms with E-state index in [9.17, 15) is 14.7 Å². The lowest BCUT2D eigenvalue weighted by Crippen LogP contribution is -2.31. The SMILES string of the molecule is CCOc1ccc(N2C(=O)C(O)=C(C(=O)/C=C/c3ccccc3)C2c2ccc(OC)cc2OC)cc1. The van der Waals surface area contributed by atoms with Crippen LogP contribution in [0, 0.1) is 0 Å². The van der Waals surface area contributed by atoms with E-state index in [4.69, 9.17) is 14.2 Å². The molecule has 1 aliphatic heterocycles. The Balaban J connectivity index is 1.82. The fourth-order valence-corrected chi connectivity index (χ4v) is 4.16. The van der Waals surface area contributed by atoms with Gasteiger partial charge in [0.15, 0.2) is 11.5 Å². The summed E-state index contributed by atoms with van der Waals surface area (Å²) in [6.07, 6.45) is 3.01. The predicted octanol–water partition coefficient (Wildman–Crippen LogP) is 5.29. The van der Waals surface area contributed by atoms with Crippen LogP contribution in [0.1, 0.15) is 24.1 Å². The third kappa shape index (κ3) is 4.81. The number of allylic oxidation sites excluding steroid dienone is 1. The summed E-state index contributed by atoms with van der Waals surface area (Å²) in [7, 11) is 3.03. The molecule has 0 saturated carbocycles. The summed E-state index contributed by atoms with van der Waals surface area (Å²) in [5, 5.41) is 10.9. The summed E-state index contributed by atoms with van der Waals surface area (Å²) in [5.41, 5.74) is 1.80. The molecule has 3 aromatic carbocycles. The van der Waals surface area contributed by atoms with E-state index in [2.05, 4.69) is 0 Å². The lowest BCUT2D eigenvalue weighted by atomic mass is 9.94. The van der Waals surface area contributed by atoms with Gasteiger partial charge in [-0.1, -0.05) is 36.4 Å². The number of benzene rings is 3. The number of anilines is 1. The zero-order valence-corrected chi connectivity index (χ0v) is 20.3. The molecule has 0 saturated heterocycles. The van der Waals surface area contributed by atoms with Gasteiger partial charge >= 0.3 is 0 Å². The number of hydrogen-bond donors (Lipinski definition) is 1. The Bertz CT molecular complexity index is 1310. The molecule has 0 bridgehead atoms. The summed E-state index contributed by atoms with van der Waals surface area (Å²) >= 11 is 0. The summed E-state index contributed by atoms with van der Waals surface area (Å²) in [5.74, 6) is -0.160. The Hall–Kier alpha value is -4.52. The number of rotatable bonds is 9. The van der Waals surface area contributed by atoms with Crippen molar-refractivity contribution in [1.29, 1.82) is 0 Å². The Labute approximate surface area is 209 Å². The molecule has 0 radical (unpaired) electrons. The van der Waals surface area contributed by atoms with Gasteiger partial charge < -0.3 is 19.3 Å². The van der Waals surface area contributed by atoms with Gasteiger partial charge in [0, 0.05) is 17.3 Å². The molecule has 0 fully saturated rings. The number of nitrogens with zero attached hydrogens (tertiary/aromatic N) is 1. The molecule has 0 aliphatic carbocycles. The summed E-state index contributed by atoms with van der Waals surface area (Å²) < 4.78 is 16.4. The quantitative estimate of drug-likeness (QED) is 0.415. The first-order valence-corrected chi connectivity index (χ1v) is 11.5. The molecule has 1 N–H and O–H groups in total. The van der Waals surface area contributed by atoms with E-state index in [0.29, 0.717) is 35.1 Å². The average molecular weight is 486 g/mol. The minimum Gasteiger partial charge on any atom is -0.503 e. The van der Waals surface area contributed by atoms with Crippen molar-refractivity contribution in [3.8, 4) is 17.2 Å². The third-order valence-electron chi connectivity index (χ3n) is 5.86. The number of carbonyl (C=O) groups is 2. The van der Waals surface area contributed by atoms with Crippen molar-refractivity contribution in [2.75, 3.05) is 25.7 Å². The minimum absolute atomic E-state index is 0.0375. The highest BCUT2D eigenvalue weighted by atomic mass is 16.5. The fraction of sp³-hybridized carbons (Fsp3) is 0.172. The molecule has 1 atom stereocenters. The van der Waals surface area contributed by atoms with Crippen LogP contribution in [0.5, 0.6) is 17.2 Å². The van der Waals surface area contributed by atoms with Crippen molar-refractivity contribution >= 4 is 23.5 Å². The molecule has 1 amide bonds. The molecule has 7 nitrogen and oxygen atoms in total. The van der Waals surface area contributed by atoms with Gasteiger partial charge in [-0.2, -0.15) is 0 Å². The zero-order chi connectivity index (χ0) is 25.7. The first kappa shape index (κ1) is 24.6. The second-order valence-electron chi connectivity index (χ2n) is 7.98. The smallest absolute Gasteiger partial charge is 0.294 e. The standard InChI is InChI=1S/C29H27NO6/c1-4-36-21-13-11-20(12-14-21)30-27(23-16-15-22(34-2)18-25(23)35-3)26(28(32)29(30)33)24(31)17-10-19-8-6-5-7-9-19/h5-18,27,32H,4H2,1-3H3/b17-10+. The monoisotopic (exact) mass is 485 g/mol. The topological polar surface area (TPSA) is 85.3 Å². The number of methoxy groups -OCH3 is 2. The number of aliphatic hydroxyl groups excluding tert-OH is 1. The maximum Gasteiger partial charge on any atom is 0.294 e. The lowest BCUT2D eigenvalue weighted by molar-refractivity contribution is -0.117. The highest BCUT2D eigenvalue weighted by Gasteiger charge is 2.45. The van der Waals surface area contributed by atoms with Crippen molar-refractivity contribution in [3.05, 3.63) is 101 Å². The first-order chi connectivity index (χ1) is 17.5.